The monoisotopic (exact) mass is 498 g/mol. The number of nitrogens with one attached hydrogen (secondary N) is 2. The fourth-order valence-corrected chi connectivity index (χ4v) is 2.67. The molecule has 0 aromatic heterocycles. The number of halogens is 3. The molecule has 140 valence electrons. The van der Waals surface area contributed by atoms with E-state index in [4.69, 9.17) is 23.2 Å². The zero-order chi connectivity index (χ0) is 17.5. The highest BCUT2D eigenvalue weighted by Gasteiger charge is 2.22. The average Bonchev–Trinajstić information content (AvgIpc) is 3.34. The molecule has 8 heteroatoms. The number of guanidine groups is 1. The molecule has 0 unspecified atom stereocenters. The molecular formula is C17H25Cl2IN4O. The van der Waals surface area contributed by atoms with Gasteiger partial charge in [-0.3, -0.25) is 9.79 Å². The van der Waals surface area contributed by atoms with Gasteiger partial charge in [0.25, 0.3) is 0 Å². The van der Waals surface area contributed by atoms with Gasteiger partial charge in [-0.05, 0) is 37.0 Å². The number of amides is 1. The average molecular weight is 499 g/mol. The third-order valence-electron chi connectivity index (χ3n) is 3.78. The van der Waals surface area contributed by atoms with Crippen LogP contribution in [-0.4, -0.2) is 43.4 Å². The van der Waals surface area contributed by atoms with Crippen molar-refractivity contribution in [3.05, 3.63) is 33.8 Å². The van der Waals surface area contributed by atoms with Crippen LogP contribution in [-0.2, 0) is 11.3 Å². The first-order chi connectivity index (χ1) is 11.5. The molecule has 0 bridgehead atoms. The van der Waals surface area contributed by atoms with Crippen molar-refractivity contribution in [2.45, 2.75) is 38.3 Å². The highest BCUT2D eigenvalue weighted by molar-refractivity contribution is 14.0. The molecule has 1 fully saturated rings. The largest absolute Gasteiger partial charge is 0.356 e. The third-order valence-corrected chi connectivity index (χ3v) is 4.52. The molecule has 5 nitrogen and oxygen atoms in total. The molecule has 0 aliphatic heterocycles. The van der Waals surface area contributed by atoms with Gasteiger partial charge in [-0.1, -0.05) is 29.3 Å². The molecule has 25 heavy (non-hydrogen) atoms. The Balaban J connectivity index is 0.00000312. The Morgan fingerprint density at radius 3 is 2.64 bits per heavy atom. The number of hydrogen-bond acceptors (Lipinski definition) is 2. The Bertz CT molecular complexity index is 608. The van der Waals surface area contributed by atoms with Gasteiger partial charge in [0.05, 0.1) is 10.0 Å². The Kier molecular flexibility index (Phi) is 9.89. The van der Waals surface area contributed by atoms with Crippen LogP contribution in [0.5, 0.6) is 0 Å². The molecule has 0 saturated heterocycles. The Morgan fingerprint density at radius 2 is 2.04 bits per heavy atom. The van der Waals surface area contributed by atoms with Gasteiger partial charge in [0.15, 0.2) is 5.96 Å². The van der Waals surface area contributed by atoms with Crippen LogP contribution in [0, 0.1) is 0 Å². The van der Waals surface area contributed by atoms with E-state index >= 15 is 0 Å². The first-order valence-corrected chi connectivity index (χ1v) is 8.90. The van der Waals surface area contributed by atoms with E-state index in [1.165, 1.54) is 0 Å². The number of nitrogens with zero attached hydrogens (tertiary/aromatic N) is 2. The minimum atomic E-state index is 0. The molecule has 0 heterocycles. The van der Waals surface area contributed by atoms with Crippen LogP contribution in [0.25, 0.3) is 0 Å². The quantitative estimate of drug-likeness (QED) is 0.261. The minimum absolute atomic E-state index is 0. The summed E-state index contributed by atoms with van der Waals surface area (Å²) in [7, 11) is 3.70. The van der Waals surface area contributed by atoms with E-state index in [9.17, 15) is 4.79 Å². The zero-order valence-electron chi connectivity index (χ0n) is 14.5. The van der Waals surface area contributed by atoms with Crippen molar-refractivity contribution in [2.24, 2.45) is 4.99 Å². The van der Waals surface area contributed by atoms with Crippen molar-refractivity contribution < 1.29 is 4.79 Å². The number of aliphatic imine (C=N–C) groups is 1. The van der Waals surface area contributed by atoms with E-state index in [1.807, 2.05) is 24.1 Å². The molecule has 0 spiro atoms. The van der Waals surface area contributed by atoms with Crippen LogP contribution in [0.15, 0.2) is 23.2 Å². The lowest BCUT2D eigenvalue weighted by atomic mass is 10.2. The first kappa shape index (κ1) is 22.3. The lowest BCUT2D eigenvalue weighted by Gasteiger charge is -2.22. The summed E-state index contributed by atoms with van der Waals surface area (Å²) in [5.41, 5.74) is 1.05. The number of hydrogen-bond donors (Lipinski definition) is 2. The van der Waals surface area contributed by atoms with Crippen molar-refractivity contribution >= 4 is 59.0 Å². The summed E-state index contributed by atoms with van der Waals surface area (Å²) in [5.74, 6) is 0.919. The second-order valence-electron chi connectivity index (χ2n) is 6.02. The normalized spacial score (nSPS) is 13.8. The maximum Gasteiger partial charge on any atom is 0.220 e. The third kappa shape index (κ3) is 8.00. The highest BCUT2D eigenvalue weighted by atomic mass is 127. The van der Waals surface area contributed by atoms with E-state index in [2.05, 4.69) is 15.6 Å². The number of rotatable bonds is 7. The highest BCUT2D eigenvalue weighted by Crippen LogP contribution is 2.23. The van der Waals surface area contributed by atoms with Crippen molar-refractivity contribution in [1.82, 2.24) is 15.5 Å². The summed E-state index contributed by atoms with van der Waals surface area (Å²) in [6.45, 7) is 1.37. The van der Waals surface area contributed by atoms with Crippen LogP contribution in [0.3, 0.4) is 0 Å². The predicted octanol–water partition coefficient (Wildman–Crippen LogP) is 3.68. The molecule has 0 atom stereocenters. The molecule has 1 aromatic carbocycles. The number of benzene rings is 1. The molecule has 1 aliphatic carbocycles. The molecule has 1 aromatic rings. The fraction of sp³-hybridized carbons (Fsp3) is 0.529. The van der Waals surface area contributed by atoms with Gasteiger partial charge in [0, 0.05) is 39.6 Å². The number of carbonyl (C=O) groups excluding carboxylic acids is 1. The van der Waals surface area contributed by atoms with Crippen molar-refractivity contribution in [1.29, 1.82) is 0 Å². The van der Waals surface area contributed by atoms with Gasteiger partial charge >= 0.3 is 0 Å². The van der Waals surface area contributed by atoms with Gasteiger partial charge in [0.2, 0.25) is 5.91 Å². The molecule has 1 amide bonds. The summed E-state index contributed by atoms with van der Waals surface area (Å²) in [6.07, 6.45) is 3.56. The van der Waals surface area contributed by atoms with Gasteiger partial charge in [-0.25, -0.2) is 0 Å². The second-order valence-corrected chi connectivity index (χ2v) is 6.84. The van der Waals surface area contributed by atoms with E-state index in [1.54, 1.807) is 13.1 Å². The molecule has 1 aliphatic rings. The number of carbonyl (C=O) groups is 1. The second kappa shape index (κ2) is 11.1. The first-order valence-electron chi connectivity index (χ1n) is 8.14. The van der Waals surface area contributed by atoms with Crippen LogP contribution in [0.4, 0.5) is 0 Å². The van der Waals surface area contributed by atoms with Crippen LogP contribution in [0.2, 0.25) is 10.0 Å². The van der Waals surface area contributed by atoms with Gasteiger partial charge in [-0.2, -0.15) is 0 Å². The van der Waals surface area contributed by atoms with Crippen LogP contribution in [0.1, 0.15) is 31.2 Å². The van der Waals surface area contributed by atoms with Crippen LogP contribution >= 0.6 is 47.2 Å². The zero-order valence-corrected chi connectivity index (χ0v) is 18.4. The van der Waals surface area contributed by atoms with E-state index in [0.29, 0.717) is 35.6 Å². The van der Waals surface area contributed by atoms with Crippen LogP contribution < -0.4 is 10.6 Å². The maximum atomic E-state index is 11.6. The summed E-state index contributed by atoms with van der Waals surface area (Å²) >= 11 is 12.0. The molecular weight excluding hydrogens is 474 g/mol. The maximum absolute atomic E-state index is 11.6. The van der Waals surface area contributed by atoms with Gasteiger partial charge in [0.1, 0.15) is 0 Å². The molecule has 0 radical (unpaired) electrons. The molecule has 2 rings (SSSR count). The smallest absolute Gasteiger partial charge is 0.220 e. The van der Waals surface area contributed by atoms with E-state index < -0.39 is 0 Å². The lowest BCUT2D eigenvalue weighted by molar-refractivity contribution is -0.121. The standard InChI is InChI=1S/C17H24Cl2N4O.HI/c1-20-17(21-9-3-4-16(24)22-13-6-7-13)23(2)11-12-5-8-14(18)15(19)10-12;/h5,8,10,13H,3-4,6-7,9,11H2,1-2H3,(H,20,21)(H,22,24);1H. The van der Waals surface area contributed by atoms with E-state index in [-0.39, 0.29) is 29.9 Å². The molecule has 1 saturated carbocycles. The fourth-order valence-electron chi connectivity index (χ4n) is 2.35. The predicted molar refractivity (Wildman–Crippen MR) is 115 cm³/mol. The lowest BCUT2D eigenvalue weighted by Crippen LogP contribution is -2.39. The summed E-state index contributed by atoms with van der Waals surface area (Å²) in [6, 6.07) is 6.02. The Morgan fingerprint density at radius 1 is 1.32 bits per heavy atom. The molecule has 2 N–H and O–H groups in total. The summed E-state index contributed by atoms with van der Waals surface area (Å²) in [4.78, 5) is 17.9. The SMILES string of the molecule is CN=C(NCCCC(=O)NC1CC1)N(C)Cc1ccc(Cl)c(Cl)c1.I. The Hall–Kier alpha value is -0.730. The Labute approximate surface area is 176 Å². The summed E-state index contributed by atoms with van der Waals surface area (Å²) in [5, 5.41) is 7.37. The van der Waals surface area contributed by atoms with Crippen molar-refractivity contribution in [2.75, 3.05) is 20.6 Å². The topological polar surface area (TPSA) is 56.7 Å². The van der Waals surface area contributed by atoms with Gasteiger partial charge < -0.3 is 15.5 Å². The minimum Gasteiger partial charge on any atom is -0.356 e. The van der Waals surface area contributed by atoms with E-state index in [0.717, 1.165) is 30.8 Å². The van der Waals surface area contributed by atoms with Crippen molar-refractivity contribution in [3.63, 3.8) is 0 Å². The summed E-state index contributed by atoms with van der Waals surface area (Å²) < 4.78 is 0. The van der Waals surface area contributed by atoms with Crippen molar-refractivity contribution in [3.8, 4) is 0 Å². The van der Waals surface area contributed by atoms with Gasteiger partial charge in [-0.15, -0.1) is 24.0 Å².